The molecule has 0 saturated heterocycles. The number of nitrogens with two attached hydrogens (primary N) is 1. The van der Waals surface area contributed by atoms with Gasteiger partial charge in [-0.2, -0.15) is 0 Å². The van der Waals surface area contributed by atoms with E-state index in [1.165, 1.54) is 18.2 Å². The van der Waals surface area contributed by atoms with Crippen molar-refractivity contribution in [1.29, 1.82) is 0 Å². The van der Waals surface area contributed by atoms with Crippen molar-refractivity contribution < 1.29 is 14.7 Å². The first-order chi connectivity index (χ1) is 9.00. The van der Waals surface area contributed by atoms with Gasteiger partial charge in [0.15, 0.2) is 5.78 Å². The minimum Gasteiger partial charge on any atom is -0.478 e. The molecule has 0 radical (unpaired) electrons. The van der Waals surface area contributed by atoms with Crippen LogP contribution < -0.4 is 5.73 Å². The van der Waals surface area contributed by atoms with Gasteiger partial charge in [-0.05, 0) is 40.2 Å². The van der Waals surface area contributed by atoms with Gasteiger partial charge in [0.1, 0.15) is 0 Å². The number of rotatable bonds is 3. The van der Waals surface area contributed by atoms with Crippen LogP contribution in [0.15, 0.2) is 46.9 Å². The maximum Gasteiger partial charge on any atom is 0.336 e. The highest BCUT2D eigenvalue weighted by atomic mass is 79.9. The summed E-state index contributed by atoms with van der Waals surface area (Å²) in [4.78, 5) is 23.4. The minimum absolute atomic E-state index is 0.0195. The predicted octanol–water partition coefficient (Wildman–Crippen LogP) is 2.96. The summed E-state index contributed by atoms with van der Waals surface area (Å²) in [5.41, 5.74) is 6.63. The number of aromatic carboxylic acids is 1. The van der Waals surface area contributed by atoms with Gasteiger partial charge in [0.25, 0.3) is 0 Å². The molecule has 0 aromatic heterocycles. The molecule has 3 N–H and O–H groups in total. The molecule has 4 nitrogen and oxygen atoms in total. The van der Waals surface area contributed by atoms with Crippen LogP contribution in [0.1, 0.15) is 26.3 Å². The quantitative estimate of drug-likeness (QED) is 0.673. The summed E-state index contributed by atoms with van der Waals surface area (Å²) in [5.74, 6) is -1.49. The summed E-state index contributed by atoms with van der Waals surface area (Å²) in [7, 11) is 0. The summed E-state index contributed by atoms with van der Waals surface area (Å²) < 4.78 is 0.690. The number of nitrogen functional groups attached to an aromatic ring is 1. The number of carboxylic acids is 1. The number of hydrogen-bond donors (Lipinski definition) is 2. The van der Waals surface area contributed by atoms with E-state index in [0.29, 0.717) is 15.7 Å². The van der Waals surface area contributed by atoms with E-state index in [0.717, 1.165) is 0 Å². The van der Waals surface area contributed by atoms with Gasteiger partial charge in [0.2, 0.25) is 0 Å². The second-order valence-corrected chi connectivity index (χ2v) is 4.77. The average Bonchev–Trinajstić information content (AvgIpc) is 2.41. The van der Waals surface area contributed by atoms with Crippen molar-refractivity contribution in [3.63, 3.8) is 0 Å². The fraction of sp³-hybridized carbons (Fsp3) is 0. The Morgan fingerprint density at radius 2 is 1.68 bits per heavy atom. The van der Waals surface area contributed by atoms with Gasteiger partial charge in [0, 0.05) is 21.3 Å². The highest BCUT2D eigenvalue weighted by Crippen LogP contribution is 2.22. The van der Waals surface area contributed by atoms with E-state index in [1.807, 2.05) is 0 Å². The highest BCUT2D eigenvalue weighted by Gasteiger charge is 2.17. The van der Waals surface area contributed by atoms with Crippen molar-refractivity contribution >= 4 is 33.4 Å². The van der Waals surface area contributed by atoms with Crippen LogP contribution in [0.3, 0.4) is 0 Å². The Morgan fingerprint density at radius 3 is 2.26 bits per heavy atom. The zero-order valence-electron chi connectivity index (χ0n) is 9.76. The molecule has 0 spiro atoms. The number of hydrogen-bond acceptors (Lipinski definition) is 3. The highest BCUT2D eigenvalue weighted by molar-refractivity contribution is 9.10. The fourth-order valence-corrected chi connectivity index (χ4v) is 1.95. The third kappa shape index (κ3) is 2.66. The molecule has 0 bridgehead atoms. The maximum atomic E-state index is 12.3. The Morgan fingerprint density at radius 1 is 1.05 bits per heavy atom. The van der Waals surface area contributed by atoms with E-state index < -0.39 is 5.97 Å². The van der Waals surface area contributed by atoms with Crippen LogP contribution in [0.5, 0.6) is 0 Å². The van der Waals surface area contributed by atoms with Gasteiger partial charge in [-0.25, -0.2) is 4.79 Å². The largest absolute Gasteiger partial charge is 0.478 e. The number of benzene rings is 2. The lowest BCUT2D eigenvalue weighted by atomic mass is 9.98. The molecule has 2 rings (SSSR count). The Kier molecular flexibility index (Phi) is 3.66. The lowest BCUT2D eigenvalue weighted by Gasteiger charge is -2.06. The van der Waals surface area contributed by atoms with Crippen molar-refractivity contribution in [2.45, 2.75) is 0 Å². The first-order valence-electron chi connectivity index (χ1n) is 5.42. The topological polar surface area (TPSA) is 80.4 Å². The number of carbonyl (C=O) groups excluding carboxylic acids is 1. The molecule has 0 heterocycles. The molecular formula is C14H10BrNO3. The Hall–Kier alpha value is -2.14. The minimum atomic E-state index is -1.13. The number of halogens is 1. The molecule has 2 aromatic carbocycles. The monoisotopic (exact) mass is 319 g/mol. The summed E-state index contributed by atoms with van der Waals surface area (Å²) in [6.07, 6.45) is 0. The van der Waals surface area contributed by atoms with Crippen LogP contribution in [0, 0.1) is 0 Å². The van der Waals surface area contributed by atoms with Crippen molar-refractivity contribution in [2.24, 2.45) is 0 Å². The molecule has 0 atom stereocenters. The molecule has 0 aliphatic heterocycles. The van der Waals surface area contributed by atoms with Gasteiger partial charge >= 0.3 is 5.97 Å². The molecule has 0 amide bonds. The van der Waals surface area contributed by atoms with E-state index in [4.69, 9.17) is 10.8 Å². The van der Waals surface area contributed by atoms with Gasteiger partial charge in [-0.15, -0.1) is 0 Å². The number of ketones is 1. The Labute approximate surface area is 118 Å². The van der Waals surface area contributed by atoms with Crippen LogP contribution in [0.4, 0.5) is 5.69 Å². The van der Waals surface area contributed by atoms with Crippen molar-refractivity contribution in [1.82, 2.24) is 0 Å². The molecule has 0 aliphatic rings. The zero-order valence-corrected chi connectivity index (χ0v) is 11.3. The SMILES string of the molecule is Nc1cc(C(=O)c2ccccc2C(=O)O)ccc1Br. The summed E-state index contributed by atoms with van der Waals surface area (Å²) in [5, 5.41) is 9.08. The summed E-state index contributed by atoms with van der Waals surface area (Å²) >= 11 is 3.24. The van der Waals surface area contributed by atoms with Gasteiger partial charge in [0.05, 0.1) is 5.56 Å². The van der Waals surface area contributed by atoms with Crippen molar-refractivity contribution in [3.8, 4) is 0 Å². The van der Waals surface area contributed by atoms with Crippen LogP contribution in [0.2, 0.25) is 0 Å². The van der Waals surface area contributed by atoms with Gasteiger partial charge in [-0.3, -0.25) is 4.79 Å². The second-order valence-electron chi connectivity index (χ2n) is 3.92. The molecule has 0 unspecified atom stereocenters. The number of anilines is 1. The lowest BCUT2D eigenvalue weighted by molar-refractivity contribution is 0.0693. The maximum absolute atomic E-state index is 12.3. The first kappa shape index (κ1) is 13.3. The fourth-order valence-electron chi connectivity index (χ4n) is 1.71. The van der Waals surface area contributed by atoms with Crippen LogP contribution >= 0.6 is 15.9 Å². The molecular weight excluding hydrogens is 310 g/mol. The number of carboxylic acid groups (broad SMARTS) is 1. The molecule has 0 aliphatic carbocycles. The average molecular weight is 320 g/mol. The van der Waals surface area contributed by atoms with Crippen LogP contribution in [-0.2, 0) is 0 Å². The summed E-state index contributed by atoms with van der Waals surface area (Å²) in [6, 6.07) is 10.9. The van der Waals surface area contributed by atoms with E-state index in [2.05, 4.69) is 15.9 Å². The van der Waals surface area contributed by atoms with Crippen molar-refractivity contribution in [3.05, 3.63) is 63.6 Å². The molecule has 19 heavy (non-hydrogen) atoms. The van der Waals surface area contributed by atoms with E-state index in [1.54, 1.807) is 24.3 Å². The standard InChI is InChI=1S/C14H10BrNO3/c15-11-6-5-8(7-12(11)16)13(17)9-3-1-2-4-10(9)14(18)19/h1-7H,16H2,(H,18,19). The zero-order chi connectivity index (χ0) is 14.0. The third-order valence-electron chi connectivity index (χ3n) is 2.66. The van der Waals surface area contributed by atoms with Gasteiger partial charge < -0.3 is 10.8 Å². The van der Waals surface area contributed by atoms with Crippen LogP contribution in [0.25, 0.3) is 0 Å². The van der Waals surface area contributed by atoms with E-state index >= 15 is 0 Å². The first-order valence-corrected chi connectivity index (χ1v) is 6.22. The molecule has 0 saturated carbocycles. The normalized spacial score (nSPS) is 10.2. The third-order valence-corrected chi connectivity index (χ3v) is 3.38. The smallest absolute Gasteiger partial charge is 0.336 e. The molecule has 2 aromatic rings. The molecule has 5 heteroatoms. The summed E-state index contributed by atoms with van der Waals surface area (Å²) in [6.45, 7) is 0. The second kappa shape index (κ2) is 5.24. The molecule has 0 fully saturated rings. The Balaban J connectivity index is 2.50. The predicted molar refractivity (Wildman–Crippen MR) is 75.4 cm³/mol. The van der Waals surface area contributed by atoms with E-state index in [-0.39, 0.29) is 16.9 Å². The lowest BCUT2D eigenvalue weighted by Crippen LogP contribution is -2.09. The van der Waals surface area contributed by atoms with E-state index in [9.17, 15) is 9.59 Å². The Bertz CT molecular complexity index is 667. The van der Waals surface area contributed by atoms with Crippen LogP contribution in [-0.4, -0.2) is 16.9 Å². The number of carbonyl (C=O) groups is 2. The molecule has 96 valence electrons. The van der Waals surface area contributed by atoms with Gasteiger partial charge in [-0.1, -0.05) is 18.2 Å². The van der Waals surface area contributed by atoms with Crippen molar-refractivity contribution in [2.75, 3.05) is 5.73 Å².